The molecule has 0 unspecified atom stereocenters. The molecule has 0 atom stereocenters. The first-order chi connectivity index (χ1) is 8.43. The van der Waals surface area contributed by atoms with Gasteiger partial charge in [0.05, 0.1) is 6.42 Å². The molecule has 0 aromatic carbocycles. The Morgan fingerprint density at radius 3 is 1.94 bits per heavy atom. The third kappa shape index (κ3) is 9.57. The zero-order chi connectivity index (χ0) is 14.0. The summed E-state index contributed by atoms with van der Waals surface area (Å²) >= 11 is 0. The monoisotopic (exact) mass is 256 g/mol. The van der Waals surface area contributed by atoms with E-state index >= 15 is 0 Å². The Hall–Kier alpha value is -1.65. The summed E-state index contributed by atoms with van der Waals surface area (Å²) in [4.78, 5) is 31.8. The van der Waals surface area contributed by atoms with E-state index in [2.05, 4.69) is 0 Å². The van der Waals surface area contributed by atoms with E-state index in [0.717, 1.165) is 19.3 Å². The van der Waals surface area contributed by atoms with Crippen LogP contribution in [0.25, 0.3) is 0 Å². The van der Waals surface area contributed by atoms with Crippen LogP contribution < -0.4 is 0 Å². The van der Waals surface area contributed by atoms with Crippen molar-refractivity contribution in [1.29, 1.82) is 0 Å². The number of carbonyl (C=O) groups is 3. The van der Waals surface area contributed by atoms with Gasteiger partial charge in [-0.15, -0.1) is 0 Å². The number of aliphatic carboxylic acids is 2. The number of ketones is 1. The first-order valence-corrected chi connectivity index (χ1v) is 6.07. The molecule has 0 rings (SSSR count). The highest BCUT2D eigenvalue weighted by atomic mass is 16.4. The molecule has 0 aliphatic rings. The van der Waals surface area contributed by atoms with Crippen molar-refractivity contribution in [2.45, 2.75) is 51.9 Å². The Morgan fingerprint density at radius 1 is 0.944 bits per heavy atom. The lowest BCUT2D eigenvalue weighted by Gasteiger charge is -2.02. The van der Waals surface area contributed by atoms with Crippen molar-refractivity contribution in [2.75, 3.05) is 0 Å². The van der Waals surface area contributed by atoms with Crippen LogP contribution in [0.4, 0.5) is 0 Å². The molecule has 0 aliphatic heterocycles. The number of carbonyl (C=O) groups excluding carboxylic acids is 1. The minimum absolute atomic E-state index is 0.156. The van der Waals surface area contributed by atoms with Crippen LogP contribution in [-0.4, -0.2) is 27.9 Å². The molecule has 0 fully saturated rings. The summed E-state index contributed by atoms with van der Waals surface area (Å²) in [5.41, 5.74) is 0.156. The quantitative estimate of drug-likeness (QED) is 0.462. The van der Waals surface area contributed by atoms with Crippen LogP contribution in [0.2, 0.25) is 0 Å². The Bertz CT molecular complexity index is 330. The van der Waals surface area contributed by atoms with Crippen molar-refractivity contribution in [2.24, 2.45) is 0 Å². The average Bonchev–Trinajstić information content (AvgIpc) is 2.25. The maximum Gasteiger partial charge on any atom is 0.331 e. The van der Waals surface area contributed by atoms with Crippen LogP contribution in [0.1, 0.15) is 51.9 Å². The average molecular weight is 256 g/mol. The molecule has 0 amide bonds. The van der Waals surface area contributed by atoms with E-state index in [1.54, 1.807) is 6.92 Å². The van der Waals surface area contributed by atoms with Gasteiger partial charge in [-0.1, -0.05) is 18.9 Å². The summed E-state index contributed by atoms with van der Waals surface area (Å²) in [6.07, 6.45) is 5.22. The fourth-order valence-corrected chi connectivity index (χ4v) is 1.55. The molecule has 5 nitrogen and oxygen atoms in total. The predicted octanol–water partition coefficient (Wildman–Crippen LogP) is 2.40. The molecule has 5 heteroatoms. The molecular formula is C13H20O5. The standard InChI is InChI=1S/C13H20O5/c1-10(14)6-4-2-3-5-7-11(13(17)18)8-9-12(15)16/h8H,2-7,9H2,1H3,(H,15,16)(H,17,18)/b11-8-. The smallest absolute Gasteiger partial charge is 0.331 e. The van der Waals surface area contributed by atoms with Crippen molar-refractivity contribution >= 4 is 17.7 Å². The molecule has 0 aromatic heterocycles. The molecular weight excluding hydrogens is 236 g/mol. The van der Waals surface area contributed by atoms with E-state index in [1.807, 2.05) is 0 Å². The Balaban J connectivity index is 3.85. The molecule has 102 valence electrons. The second-order valence-corrected chi connectivity index (χ2v) is 4.25. The van der Waals surface area contributed by atoms with Crippen molar-refractivity contribution in [1.82, 2.24) is 0 Å². The van der Waals surface area contributed by atoms with E-state index in [4.69, 9.17) is 10.2 Å². The summed E-state index contributed by atoms with van der Waals surface area (Å²) in [7, 11) is 0. The highest BCUT2D eigenvalue weighted by molar-refractivity contribution is 5.87. The van der Waals surface area contributed by atoms with Crippen LogP contribution in [-0.2, 0) is 14.4 Å². The maximum absolute atomic E-state index is 10.8. The molecule has 0 aliphatic carbocycles. The largest absolute Gasteiger partial charge is 0.481 e. The topological polar surface area (TPSA) is 91.7 Å². The van der Waals surface area contributed by atoms with Gasteiger partial charge in [0.15, 0.2) is 0 Å². The molecule has 0 saturated carbocycles. The van der Waals surface area contributed by atoms with Crippen molar-refractivity contribution in [3.63, 3.8) is 0 Å². The number of Topliss-reactive ketones (excluding diaryl/α,β-unsaturated/α-hetero) is 1. The van der Waals surface area contributed by atoms with Crippen molar-refractivity contribution < 1.29 is 24.6 Å². The van der Waals surface area contributed by atoms with Gasteiger partial charge < -0.3 is 15.0 Å². The summed E-state index contributed by atoms with van der Waals surface area (Å²) < 4.78 is 0. The van der Waals surface area contributed by atoms with Crippen molar-refractivity contribution in [3.8, 4) is 0 Å². The first kappa shape index (κ1) is 16.4. The van der Waals surface area contributed by atoms with Gasteiger partial charge in [0.2, 0.25) is 0 Å². The van der Waals surface area contributed by atoms with Gasteiger partial charge in [-0.3, -0.25) is 4.79 Å². The Morgan fingerprint density at radius 2 is 1.50 bits per heavy atom. The molecule has 18 heavy (non-hydrogen) atoms. The molecule has 2 N–H and O–H groups in total. The van der Waals surface area contributed by atoms with Crippen molar-refractivity contribution in [3.05, 3.63) is 11.6 Å². The number of carboxylic acids is 2. The van der Waals surface area contributed by atoms with Crippen LogP contribution in [0.5, 0.6) is 0 Å². The molecule has 0 aromatic rings. The molecule has 0 saturated heterocycles. The Kier molecular flexibility index (Phi) is 8.53. The number of hydrogen-bond donors (Lipinski definition) is 2. The number of unbranched alkanes of at least 4 members (excludes halogenated alkanes) is 3. The highest BCUT2D eigenvalue weighted by Crippen LogP contribution is 2.12. The number of hydrogen-bond acceptors (Lipinski definition) is 3. The molecule has 0 bridgehead atoms. The zero-order valence-electron chi connectivity index (χ0n) is 10.6. The third-order valence-corrected chi connectivity index (χ3v) is 2.52. The van der Waals surface area contributed by atoms with E-state index in [9.17, 15) is 14.4 Å². The number of carboxylic acid groups (broad SMARTS) is 2. The van der Waals surface area contributed by atoms with Gasteiger partial charge in [-0.2, -0.15) is 0 Å². The normalized spacial score (nSPS) is 11.3. The summed E-state index contributed by atoms with van der Waals surface area (Å²) in [6, 6.07) is 0. The summed E-state index contributed by atoms with van der Waals surface area (Å²) in [5, 5.41) is 17.3. The van der Waals surface area contributed by atoms with Gasteiger partial charge in [-0.25, -0.2) is 4.79 Å². The van der Waals surface area contributed by atoms with Crippen LogP contribution in [0, 0.1) is 0 Å². The van der Waals surface area contributed by atoms with Gasteiger partial charge >= 0.3 is 11.9 Å². The van der Waals surface area contributed by atoms with Gasteiger partial charge in [0, 0.05) is 12.0 Å². The van der Waals surface area contributed by atoms with Gasteiger partial charge in [0.1, 0.15) is 5.78 Å². The zero-order valence-corrected chi connectivity index (χ0v) is 10.6. The minimum atomic E-state index is -1.06. The van der Waals surface area contributed by atoms with Gasteiger partial charge in [-0.05, 0) is 26.2 Å². The van der Waals surface area contributed by atoms with E-state index in [0.29, 0.717) is 19.3 Å². The lowest BCUT2D eigenvalue weighted by molar-refractivity contribution is -0.136. The Labute approximate surface area is 107 Å². The lowest BCUT2D eigenvalue weighted by Crippen LogP contribution is -2.02. The van der Waals surface area contributed by atoms with Crippen LogP contribution in [0.15, 0.2) is 11.6 Å². The number of rotatable bonds is 10. The summed E-state index contributed by atoms with van der Waals surface area (Å²) in [5.74, 6) is -1.92. The van der Waals surface area contributed by atoms with E-state index in [-0.39, 0.29) is 17.8 Å². The lowest BCUT2D eigenvalue weighted by atomic mass is 10.0. The molecule has 0 radical (unpaired) electrons. The minimum Gasteiger partial charge on any atom is -0.481 e. The van der Waals surface area contributed by atoms with Crippen LogP contribution >= 0.6 is 0 Å². The fraction of sp³-hybridized carbons (Fsp3) is 0.615. The fourth-order valence-electron chi connectivity index (χ4n) is 1.55. The van der Waals surface area contributed by atoms with Crippen LogP contribution in [0.3, 0.4) is 0 Å². The third-order valence-electron chi connectivity index (χ3n) is 2.52. The molecule has 0 heterocycles. The predicted molar refractivity (Wildman–Crippen MR) is 66.4 cm³/mol. The second-order valence-electron chi connectivity index (χ2n) is 4.25. The van der Waals surface area contributed by atoms with E-state index < -0.39 is 11.9 Å². The summed E-state index contributed by atoms with van der Waals surface area (Å²) in [6.45, 7) is 1.55. The first-order valence-electron chi connectivity index (χ1n) is 6.07. The molecule has 0 spiro atoms. The SMILES string of the molecule is CC(=O)CCCCCC/C(=C/CC(=O)O)C(=O)O. The second kappa shape index (κ2) is 9.39. The van der Waals surface area contributed by atoms with E-state index in [1.165, 1.54) is 6.08 Å². The maximum atomic E-state index is 10.8. The highest BCUT2D eigenvalue weighted by Gasteiger charge is 2.07. The van der Waals surface area contributed by atoms with Gasteiger partial charge in [0.25, 0.3) is 0 Å².